The summed E-state index contributed by atoms with van der Waals surface area (Å²) in [5, 5.41) is 10.6. The standard InChI is InChI=1S/C14H10Cl2F2O/c15-9-1-3-11(13(18)7-9)14(19)6-8-5-10(17)2-4-12(8)16/h1-5,7,14,19H,6H2. The van der Waals surface area contributed by atoms with Crippen molar-refractivity contribution >= 4 is 23.2 Å². The summed E-state index contributed by atoms with van der Waals surface area (Å²) < 4.78 is 26.7. The summed E-state index contributed by atoms with van der Waals surface area (Å²) in [5.74, 6) is -1.06. The number of halogens is 4. The Balaban J connectivity index is 2.25. The van der Waals surface area contributed by atoms with Crippen LogP contribution in [0.25, 0.3) is 0 Å². The Morgan fingerprint density at radius 2 is 1.79 bits per heavy atom. The van der Waals surface area contributed by atoms with E-state index < -0.39 is 17.7 Å². The molecule has 1 atom stereocenters. The third kappa shape index (κ3) is 3.44. The second-order valence-electron chi connectivity index (χ2n) is 4.12. The molecule has 0 saturated heterocycles. The lowest BCUT2D eigenvalue weighted by Crippen LogP contribution is -2.05. The van der Waals surface area contributed by atoms with E-state index in [9.17, 15) is 13.9 Å². The van der Waals surface area contributed by atoms with Crippen LogP contribution < -0.4 is 0 Å². The maximum Gasteiger partial charge on any atom is 0.130 e. The van der Waals surface area contributed by atoms with Gasteiger partial charge in [-0.3, -0.25) is 0 Å². The molecule has 19 heavy (non-hydrogen) atoms. The molecule has 0 aliphatic carbocycles. The minimum atomic E-state index is -1.11. The molecule has 1 nitrogen and oxygen atoms in total. The summed E-state index contributed by atoms with van der Waals surface area (Å²) in [4.78, 5) is 0. The van der Waals surface area contributed by atoms with Crippen molar-refractivity contribution < 1.29 is 13.9 Å². The van der Waals surface area contributed by atoms with E-state index in [0.29, 0.717) is 10.6 Å². The van der Waals surface area contributed by atoms with E-state index in [4.69, 9.17) is 23.2 Å². The first-order valence-electron chi connectivity index (χ1n) is 5.54. The van der Waals surface area contributed by atoms with Gasteiger partial charge in [0.25, 0.3) is 0 Å². The van der Waals surface area contributed by atoms with Gasteiger partial charge < -0.3 is 5.11 Å². The summed E-state index contributed by atoms with van der Waals surface area (Å²) >= 11 is 11.5. The number of hydrogen-bond acceptors (Lipinski definition) is 1. The lowest BCUT2D eigenvalue weighted by molar-refractivity contribution is 0.173. The van der Waals surface area contributed by atoms with Crippen molar-refractivity contribution in [2.24, 2.45) is 0 Å². The van der Waals surface area contributed by atoms with E-state index in [1.807, 2.05) is 0 Å². The Bertz CT molecular complexity index is 602. The topological polar surface area (TPSA) is 20.2 Å². The molecule has 0 heterocycles. The third-order valence-electron chi connectivity index (χ3n) is 2.74. The highest BCUT2D eigenvalue weighted by molar-refractivity contribution is 6.31. The summed E-state index contributed by atoms with van der Waals surface area (Å²) in [6, 6.07) is 7.84. The molecule has 0 spiro atoms. The molecule has 0 fully saturated rings. The lowest BCUT2D eigenvalue weighted by atomic mass is 10.0. The highest BCUT2D eigenvalue weighted by Gasteiger charge is 2.15. The molecule has 2 aromatic carbocycles. The molecule has 2 rings (SSSR count). The van der Waals surface area contributed by atoms with Crippen LogP contribution in [0, 0.1) is 11.6 Å². The molecule has 0 aliphatic rings. The molecule has 0 saturated carbocycles. The molecule has 100 valence electrons. The molecule has 2 aromatic rings. The molecule has 1 unspecified atom stereocenters. The summed E-state index contributed by atoms with van der Waals surface area (Å²) in [6.45, 7) is 0. The van der Waals surface area contributed by atoms with Crippen LogP contribution in [0.2, 0.25) is 10.0 Å². The Morgan fingerprint density at radius 1 is 1.05 bits per heavy atom. The normalized spacial score (nSPS) is 12.5. The van der Waals surface area contributed by atoms with E-state index in [2.05, 4.69) is 0 Å². The number of rotatable bonds is 3. The van der Waals surface area contributed by atoms with Gasteiger partial charge in [-0.2, -0.15) is 0 Å². The van der Waals surface area contributed by atoms with Gasteiger partial charge in [-0.05, 0) is 35.9 Å². The zero-order valence-electron chi connectivity index (χ0n) is 9.71. The Labute approximate surface area is 119 Å². The molecule has 0 aromatic heterocycles. The largest absolute Gasteiger partial charge is 0.388 e. The predicted molar refractivity (Wildman–Crippen MR) is 71.5 cm³/mol. The van der Waals surface area contributed by atoms with E-state index in [0.717, 1.165) is 6.07 Å². The van der Waals surface area contributed by atoms with Crippen LogP contribution in [0.15, 0.2) is 36.4 Å². The fourth-order valence-corrected chi connectivity index (χ4v) is 2.14. The smallest absolute Gasteiger partial charge is 0.130 e. The van der Waals surface area contributed by atoms with Gasteiger partial charge in [-0.15, -0.1) is 0 Å². The molecule has 0 amide bonds. The Morgan fingerprint density at radius 3 is 2.47 bits per heavy atom. The van der Waals surface area contributed by atoms with Gasteiger partial charge in [0.15, 0.2) is 0 Å². The second-order valence-corrected chi connectivity index (χ2v) is 4.97. The first-order valence-corrected chi connectivity index (χ1v) is 6.30. The Hall–Kier alpha value is -1.16. The van der Waals surface area contributed by atoms with E-state index in [1.165, 1.54) is 30.3 Å². The number of aliphatic hydroxyl groups excluding tert-OH is 1. The van der Waals surface area contributed by atoms with Crippen molar-refractivity contribution in [3.8, 4) is 0 Å². The summed E-state index contributed by atoms with van der Waals surface area (Å²) in [7, 11) is 0. The highest BCUT2D eigenvalue weighted by atomic mass is 35.5. The van der Waals surface area contributed by atoms with Crippen molar-refractivity contribution in [3.63, 3.8) is 0 Å². The van der Waals surface area contributed by atoms with Crippen LogP contribution in [-0.2, 0) is 6.42 Å². The highest BCUT2D eigenvalue weighted by Crippen LogP contribution is 2.27. The first kappa shape index (κ1) is 14.3. The molecule has 1 N–H and O–H groups in total. The SMILES string of the molecule is OC(Cc1cc(F)ccc1Cl)c1ccc(Cl)cc1F. The van der Waals surface area contributed by atoms with Gasteiger partial charge >= 0.3 is 0 Å². The quantitative estimate of drug-likeness (QED) is 0.882. The van der Waals surface area contributed by atoms with Crippen LogP contribution in [0.4, 0.5) is 8.78 Å². The zero-order valence-corrected chi connectivity index (χ0v) is 11.2. The summed E-state index contributed by atoms with van der Waals surface area (Å²) in [6.07, 6.45) is -1.09. The second kappa shape index (κ2) is 5.87. The summed E-state index contributed by atoms with van der Waals surface area (Å²) in [5.41, 5.74) is 0.522. The fourth-order valence-electron chi connectivity index (χ4n) is 1.79. The fraction of sp³-hybridized carbons (Fsp3) is 0.143. The third-order valence-corrected chi connectivity index (χ3v) is 3.35. The van der Waals surface area contributed by atoms with E-state index in [-0.39, 0.29) is 17.0 Å². The number of hydrogen-bond donors (Lipinski definition) is 1. The predicted octanol–water partition coefficient (Wildman–Crippen LogP) is 4.55. The van der Waals surface area contributed by atoms with Crippen molar-refractivity contribution in [2.45, 2.75) is 12.5 Å². The first-order chi connectivity index (χ1) is 8.97. The van der Waals surface area contributed by atoms with Crippen LogP contribution in [-0.4, -0.2) is 5.11 Å². The molecule has 0 radical (unpaired) electrons. The van der Waals surface area contributed by atoms with Gasteiger partial charge in [0.1, 0.15) is 11.6 Å². The Kier molecular flexibility index (Phi) is 4.40. The average Bonchev–Trinajstić information content (AvgIpc) is 2.33. The van der Waals surface area contributed by atoms with Crippen molar-refractivity contribution in [1.82, 2.24) is 0 Å². The molecule has 0 aliphatic heterocycles. The van der Waals surface area contributed by atoms with Crippen LogP contribution in [0.1, 0.15) is 17.2 Å². The zero-order chi connectivity index (χ0) is 14.0. The van der Waals surface area contributed by atoms with Gasteiger partial charge in [0.05, 0.1) is 6.10 Å². The number of aliphatic hydroxyl groups is 1. The van der Waals surface area contributed by atoms with Crippen LogP contribution >= 0.6 is 23.2 Å². The van der Waals surface area contributed by atoms with Crippen molar-refractivity contribution in [1.29, 1.82) is 0 Å². The molecular formula is C14H10Cl2F2O. The minimum Gasteiger partial charge on any atom is -0.388 e. The maximum absolute atomic E-state index is 13.6. The van der Waals surface area contributed by atoms with Crippen LogP contribution in [0.5, 0.6) is 0 Å². The minimum absolute atomic E-state index is 0.0230. The average molecular weight is 303 g/mol. The van der Waals surface area contributed by atoms with Gasteiger partial charge in [0, 0.05) is 22.0 Å². The van der Waals surface area contributed by atoms with E-state index >= 15 is 0 Å². The van der Waals surface area contributed by atoms with Gasteiger partial charge in [-0.25, -0.2) is 8.78 Å². The maximum atomic E-state index is 13.6. The van der Waals surface area contributed by atoms with Crippen molar-refractivity contribution in [2.75, 3.05) is 0 Å². The molecule has 5 heteroatoms. The lowest BCUT2D eigenvalue weighted by Gasteiger charge is -2.13. The van der Waals surface area contributed by atoms with Gasteiger partial charge in [0.2, 0.25) is 0 Å². The monoisotopic (exact) mass is 302 g/mol. The van der Waals surface area contributed by atoms with Crippen molar-refractivity contribution in [3.05, 3.63) is 69.2 Å². The number of benzene rings is 2. The molecular weight excluding hydrogens is 293 g/mol. The van der Waals surface area contributed by atoms with E-state index in [1.54, 1.807) is 0 Å². The van der Waals surface area contributed by atoms with Gasteiger partial charge in [-0.1, -0.05) is 29.3 Å². The molecule has 0 bridgehead atoms. The van der Waals surface area contributed by atoms with Crippen LogP contribution in [0.3, 0.4) is 0 Å².